The van der Waals surface area contributed by atoms with Crippen LogP contribution in [0.25, 0.3) is 10.9 Å². The predicted molar refractivity (Wildman–Crippen MR) is 226 cm³/mol. The number of aliphatic hydroxyl groups excluding tert-OH is 1. The minimum atomic E-state index is -1.77. The summed E-state index contributed by atoms with van der Waals surface area (Å²) in [5.74, 6) is -9.56. The Labute approximate surface area is 366 Å². The van der Waals surface area contributed by atoms with E-state index in [1.807, 2.05) is 0 Å². The number of amides is 9. The number of rotatable bonds is 23. The zero-order valence-electron chi connectivity index (χ0n) is 34.8. The van der Waals surface area contributed by atoms with Gasteiger partial charge in [-0.25, -0.2) is 0 Å². The largest absolute Gasteiger partial charge is 0.481 e. The lowest BCUT2D eigenvalue weighted by molar-refractivity contribution is -0.144. The maximum absolute atomic E-state index is 13.9. The van der Waals surface area contributed by atoms with Crippen molar-refractivity contribution in [3.8, 4) is 0 Å². The number of nitrogens with two attached hydrogens (primary N) is 3. The molecule has 2 aromatic carbocycles. The summed E-state index contributed by atoms with van der Waals surface area (Å²) < 4.78 is 0. The molecular weight excluding hydrogens is 839 g/mol. The van der Waals surface area contributed by atoms with Gasteiger partial charge in [0.2, 0.25) is 53.2 Å². The zero-order chi connectivity index (χ0) is 47.1. The smallest absolute Gasteiger partial charge is 0.305 e. The molecule has 64 heavy (non-hydrogen) atoms. The van der Waals surface area contributed by atoms with Crippen LogP contribution < -0.4 is 49.1 Å². The molecule has 1 aliphatic rings. The molecule has 344 valence electrons. The van der Waals surface area contributed by atoms with Gasteiger partial charge in [-0.1, -0.05) is 48.5 Å². The van der Waals surface area contributed by atoms with Gasteiger partial charge in [0, 0.05) is 36.5 Å². The van der Waals surface area contributed by atoms with E-state index in [2.05, 4.69) is 36.9 Å². The second kappa shape index (κ2) is 23.2. The van der Waals surface area contributed by atoms with Gasteiger partial charge < -0.3 is 69.2 Å². The number of aromatic nitrogens is 1. The van der Waals surface area contributed by atoms with E-state index < -0.39 is 127 Å². The fourth-order valence-electron chi connectivity index (χ4n) is 6.97. The van der Waals surface area contributed by atoms with E-state index in [9.17, 15) is 53.1 Å². The number of para-hydroxylation sites is 1. The highest BCUT2D eigenvalue weighted by molar-refractivity contribution is 5.99. The van der Waals surface area contributed by atoms with Crippen molar-refractivity contribution in [3.05, 3.63) is 71.9 Å². The molecule has 0 aliphatic carbocycles. The molecule has 4 rings (SSSR count). The Bertz CT molecular complexity index is 2220. The molecule has 3 aromatic rings. The number of carboxylic acid groups (broad SMARTS) is 1. The number of primary amides is 2. The second-order valence-corrected chi connectivity index (χ2v) is 15.2. The van der Waals surface area contributed by atoms with Crippen molar-refractivity contribution in [1.82, 2.24) is 41.8 Å². The minimum Gasteiger partial charge on any atom is -0.481 e. The van der Waals surface area contributed by atoms with Crippen LogP contribution in [0.5, 0.6) is 0 Å². The molecule has 9 amide bonds. The summed E-state index contributed by atoms with van der Waals surface area (Å²) in [5.41, 5.74) is 18.2. The van der Waals surface area contributed by atoms with Crippen LogP contribution in [0.15, 0.2) is 60.8 Å². The lowest BCUT2D eigenvalue weighted by atomic mass is 10.0. The van der Waals surface area contributed by atoms with Gasteiger partial charge in [-0.2, -0.15) is 0 Å². The van der Waals surface area contributed by atoms with Gasteiger partial charge in [-0.3, -0.25) is 47.9 Å². The van der Waals surface area contributed by atoms with E-state index in [1.165, 1.54) is 6.92 Å². The first-order valence-corrected chi connectivity index (χ1v) is 20.2. The summed E-state index contributed by atoms with van der Waals surface area (Å²) in [6, 6.07) is 5.41. The van der Waals surface area contributed by atoms with E-state index in [4.69, 9.17) is 22.3 Å². The number of aliphatic hydroxyl groups is 1. The average molecular weight is 892 g/mol. The number of nitrogens with zero attached hydrogens (tertiary/aromatic N) is 1. The molecule has 23 heteroatoms. The van der Waals surface area contributed by atoms with E-state index in [0.717, 1.165) is 15.8 Å². The number of hydrogen-bond acceptors (Lipinski definition) is 12. The van der Waals surface area contributed by atoms with Crippen molar-refractivity contribution < 1.29 is 58.2 Å². The van der Waals surface area contributed by atoms with Crippen LogP contribution in [-0.2, 0) is 60.8 Å². The molecule has 15 N–H and O–H groups in total. The van der Waals surface area contributed by atoms with Gasteiger partial charge in [0.25, 0.3) is 0 Å². The van der Waals surface area contributed by atoms with Gasteiger partial charge in [0.05, 0.1) is 32.0 Å². The van der Waals surface area contributed by atoms with Gasteiger partial charge in [-0.15, -0.1) is 0 Å². The summed E-state index contributed by atoms with van der Waals surface area (Å²) in [7, 11) is 0. The van der Waals surface area contributed by atoms with Gasteiger partial charge in [-0.05, 0) is 37.0 Å². The Kier molecular flexibility index (Phi) is 17.8. The Balaban J connectivity index is 1.47. The molecule has 1 aromatic heterocycles. The van der Waals surface area contributed by atoms with Crippen molar-refractivity contribution in [3.63, 3.8) is 0 Å². The summed E-state index contributed by atoms with van der Waals surface area (Å²) in [6.45, 7) is -0.120. The summed E-state index contributed by atoms with van der Waals surface area (Å²) in [5, 5.41) is 34.4. The lowest BCUT2D eigenvalue weighted by Gasteiger charge is -2.28. The molecule has 7 unspecified atom stereocenters. The predicted octanol–water partition coefficient (Wildman–Crippen LogP) is -4.34. The van der Waals surface area contributed by atoms with E-state index in [1.54, 1.807) is 60.8 Å². The van der Waals surface area contributed by atoms with Crippen LogP contribution in [-0.4, -0.2) is 141 Å². The van der Waals surface area contributed by atoms with Crippen LogP contribution >= 0.6 is 0 Å². The summed E-state index contributed by atoms with van der Waals surface area (Å²) in [4.78, 5) is 133. The topological polar surface area (TPSA) is 380 Å². The van der Waals surface area contributed by atoms with Crippen LogP contribution in [0.2, 0.25) is 0 Å². The quantitative estimate of drug-likeness (QED) is 0.0429. The minimum absolute atomic E-state index is 0.106. The molecule has 0 saturated carbocycles. The maximum atomic E-state index is 13.9. The highest BCUT2D eigenvalue weighted by atomic mass is 16.4. The fourth-order valence-corrected chi connectivity index (χ4v) is 6.97. The number of aliphatic carboxylic acids is 1. The van der Waals surface area contributed by atoms with Gasteiger partial charge in [0.15, 0.2) is 0 Å². The monoisotopic (exact) mass is 891 g/mol. The molecule has 7 atom stereocenters. The number of H-pyrrole nitrogens is 1. The lowest BCUT2D eigenvalue weighted by Crippen LogP contribution is -2.61. The molecule has 23 nitrogen and oxygen atoms in total. The number of aromatic amines is 1. The molecule has 1 fully saturated rings. The number of nitrogens with one attached hydrogen (secondary N) is 7. The number of benzene rings is 2. The van der Waals surface area contributed by atoms with Gasteiger partial charge in [0.1, 0.15) is 36.3 Å². The standard InChI is InChI=1S/C41H53N11O12/c1-21(47-40(63)31-12-7-13-52(31)41(64)25(42)16-34(56)57)35(58)48-27(14-22-8-3-2-4-9-22)37(60)50-29(17-32(43)54)38(61)51-30(20-53)39(62)49-28(36(59)46-19-33(44)55)15-23-18-45-26-11-6-5-10-24(23)26/h2-6,8-11,18,21,25,27-31,45,53H,7,12-17,19-20,42H2,1H3,(H2,43,54)(H2,44,55)(H,46,59)(H,47,63)(H,48,58)(H,49,62)(H,50,60)(H,51,61)(H,56,57). The third-order valence-corrected chi connectivity index (χ3v) is 10.2. The number of carbonyl (C=O) groups excluding carboxylic acids is 9. The van der Waals surface area contributed by atoms with Crippen molar-refractivity contribution in [2.75, 3.05) is 19.7 Å². The molecule has 0 bridgehead atoms. The summed E-state index contributed by atoms with van der Waals surface area (Å²) >= 11 is 0. The number of likely N-dealkylation sites (tertiary alicyclic amines) is 1. The molecule has 1 saturated heterocycles. The Morgan fingerprint density at radius 3 is 1.98 bits per heavy atom. The number of hydrogen-bond donors (Lipinski definition) is 12. The molecule has 0 spiro atoms. The van der Waals surface area contributed by atoms with Crippen LogP contribution in [0.3, 0.4) is 0 Å². The molecule has 0 radical (unpaired) electrons. The highest BCUT2D eigenvalue weighted by Gasteiger charge is 2.38. The number of carboxylic acids is 1. The second-order valence-electron chi connectivity index (χ2n) is 15.2. The van der Waals surface area contributed by atoms with Crippen LogP contribution in [0, 0.1) is 0 Å². The first kappa shape index (κ1) is 49.3. The third kappa shape index (κ3) is 14.1. The SMILES string of the molecule is CC(NC(=O)C1CCCN1C(=O)C(N)CC(=O)O)C(=O)NC(Cc1ccccc1)C(=O)NC(CC(N)=O)C(=O)NC(CO)C(=O)NC(Cc1c[nH]c2ccccc12)C(=O)NCC(N)=O. The highest BCUT2D eigenvalue weighted by Crippen LogP contribution is 2.20. The van der Waals surface area contributed by atoms with Crippen LogP contribution in [0.1, 0.15) is 43.7 Å². The van der Waals surface area contributed by atoms with E-state index in [0.29, 0.717) is 17.5 Å². The van der Waals surface area contributed by atoms with E-state index >= 15 is 0 Å². The third-order valence-electron chi connectivity index (χ3n) is 10.2. The normalized spacial score (nSPS) is 16.2. The van der Waals surface area contributed by atoms with Crippen molar-refractivity contribution in [2.45, 2.75) is 87.7 Å². The zero-order valence-corrected chi connectivity index (χ0v) is 34.8. The van der Waals surface area contributed by atoms with Crippen molar-refractivity contribution >= 4 is 70.0 Å². The maximum Gasteiger partial charge on any atom is 0.305 e. The van der Waals surface area contributed by atoms with Gasteiger partial charge >= 0.3 is 5.97 Å². The van der Waals surface area contributed by atoms with Crippen molar-refractivity contribution in [1.29, 1.82) is 0 Å². The first-order valence-electron chi connectivity index (χ1n) is 20.2. The van der Waals surface area contributed by atoms with E-state index in [-0.39, 0.29) is 25.8 Å². The average Bonchev–Trinajstić information content (AvgIpc) is 3.91. The number of carbonyl (C=O) groups is 10. The summed E-state index contributed by atoms with van der Waals surface area (Å²) in [6.07, 6.45) is 0.525. The molecular formula is C41H53N11O12. The Morgan fingerprint density at radius 1 is 0.734 bits per heavy atom. The molecule has 1 aliphatic heterocycles. The first-order chi connectivity index (χ1) is 30.4. The van der Waals surface area contributed by atoms with Crippen molar-refractivity contribution in [2.24, 2.45) is 17.2 Å². The number of fused-ring (bicyclic) bond motifs is 1. The Hall–Kier alpha value is -7.40. The fraction of sp³-hybridized carbons (Fsp3) is 0.415. The Morgan fingerprint density at radius 2 is 1.33 bits per heavy atom. The van der Waals surface area contributed by atoms with Crippen LogP contribution in [0.4, 0.5) is 0 Å². The molecule has 2 heterocycles.